The molecule has 0 bridgehead atoms. The van der Waals surface area contributed by atoms with Crippen LogP contribution in [0.4, 0.5) is 0 Å². The minimum atomic E-state index is -2.95. The highest BCUT2D eigenvalue weighted by molar-refractivity contribution is 14.1. The van der Waals surface area contributed by atoms with Crippen LogP contribution < -0.4 is 5.32 Å². The normalized spacial score (nSPS) is 11.2. The van der Waals surface area contributed by atoms with E-state index in [2.05, 4.69) is 27.9 Å². The number of benzene rings is 1. The zero-order chi connectivity index (χ0) is 12.9. The molecule has 1 rings (SSSR count). The van der Waals surface area contributed by atoms with Crippen LogP contribution in [0, 0.1) is 3.57 Å². The highest BCUT2D eigenvalue weighted by Gasteiger charge is 2.08. The highest BCUT2D eigenvalue weighted by atomic mass is 127. The van der Waals surface area contributed by atoms with Gasteiger partial charge in [-0.25, -0.2) is 8.42 Å². The minimum Gasteiger partial charge on any atom is -0.352 e. The van der Waals surface area contributed by atoms with E-state index in [9.17, 15) is 13.2 Å². The van der Waals surface area contributed by atoms with Crippen molar-refractivity contribution in [1.82, 2.24) is 5.32 Å². The molecule has 94 valence electrons. The Morgan fingerprint density at radius 3 is 2.59 bits per heavy atom. The summed E-state index contributed by atoms with van der Waals surface area (Å²) in [6.07, 6.45) is 1.63. The molecule has 0 saturated heterocycles. The lowest BCUT2D eigenvalue weighted by molar-refractivity contribution is 0.0953. The Bertz CT molecular complexity index is 499. The average molecular weight is 367 g/mol. The van der Waals surface area contributed by atoms with Crippen molar-refractivity contribution in [2.24, 2.45) is 0 Å². The first kappa shape index (κ1) is 14.4. The number of carbonyl (C=O) groups excluding carboxylic acids is 1. The van der Waals surface area contributed by atoms with E-state index in [0.29, 0.717) is 18.5 Å². The van der Waals surface area contributed by atoms with Crippen LogP contribution in [0.25, 0.3) is 0 Å². The van der Waals surface area contributed by atoms with E-state index in [0.717, 1.165) is 3.57 Å². The molecule has 0 spiro atoms. The third kappa shape index (κ3) is 5.49. The smallest absolute Gasteiger partial charge is 0.252 e. The maximum Gasteiger partial charge on any atom is 0.252 e. The van der Waals surface area contributed by atoms with Gasteiger partial charge >= 0.3 is 0 Å². The number of rotatable bonds is 5. The topological polar surface area (TPSA) is 63.2 Å². The van der Waals surface area contributed by atoms with E-state index in [1.165, 1.54) is 6.26 Å². The van der Waals surface area contributed by atoms with E-state index in [-0.39, 0.29) is 11.7 Å². The quantitative estimate of drug-likeness (QED) is 0.633. The SMILES string of the molecule is CS(=O)(=O)CCCNC(=O)c1ccccc1I. The molecule has 1 aromatic carbocycles. The van der Waals surface area contributed by atoms with Crippen molar-refractivity contribution in [3.05, 3.63) is 33.4 Å². The first-order valence-electron chi connectivity index (χ1n) is 5.10. The van der Waals surface area contributed by atoms with Gasteiger partial charge in [-0.05, 0) is 41.1 Å². The third-order valence-electron chi connectivity index (χ3n) is 2.10. The fourth-order valence-electron chi connectivity index (χ4n) is 1.28. The zero-order valence-corrected chi connectivity index (χ0v) is 12.4. The van der Waals surface area contributed by atoms with Gasteiger partial charge in [0, 0.05) is 16.4 Å². The molecule has 17 heavy (non-hydrogen) atoms. The van der Waals surface area contributed by atoms with Gasteiger partial charge in [0.25, 0.3) is 5.91 Å². The Hall–Kier alpha value is -0.630. The summed E-state index contributed by atoms with van der Waals surface area (Å²) >= 11 is 2.09. The van der Waals surface area contributed by atoms with Gasteiger partial charge in [0.1, 0.15) is 9.84 Å². The van der Waals surface area contributed by atoms with Crippen molar-refractivity contribution in [3.63, 3.8) is 0 Å². The van der Waals surface area contributed by atoms with Crippen LogP contribution in [0.15, 0.2) is 24.3 Å². The number of amides is 1. The molecule has 0 heterocycles. The third-order valence-corrected chi connectivity index (χ3v) is 4.07. The van der Waals surface area contributed by atoms with E-state index in [4.69, 9.17) is 0 Å². The molecule has 0 aliphatic heterocycles. The molecule has 0 saturated carbocycles. The highest BCUT2D eigenvalue weighted by Crippen LogP contribution is 2.10. The average Bonchev–Trinajstić information content (AvgIpc) is 2.23. The van der Waals surface area contributed by atoms with E-state index in [1.54, 1.807) is 12.1 Å². The second kappa shape index (κ2) is 6.34. The van der Waals surface area contributed by atoms with Crippen LogP contribution >= 0.6 is 22.6 Å². The predicted molar refractivity (Wildman–Crippen MR) is 75.8 cm³/mol. The molecule has 6 heteroatoms. The molecule has 0 aromatic heterocycles. The lowest BCUT2D eigenvalue weighted by Crippen LogP contribution is -2.26. The molecule has 0 fully saturated rings. The van der Waals surface area contributed by atoms with E-state index < -0.39 is 9.84 Å². The van der Waals surface area contributed by atoms with Gasteiger partial charge in [0.15, 0.2) is 0 Å². The molecule has 0 radical (unpaired) electrons. The Balaban J connectivity index is 2.44. The molecule has 0 aliphatic carbocycles. The summed E-state index contributed by atoms with van der Waals surface area (Å²) in [6.45, 7) is 0.372. The molecule has 1 amide bonds. The van der Waals surface area contributed by atoms with Crippen molar-refractivity contribution in [2.75, 3.05) is 18.6 Å². The number of hydrogen-bond donors (Lipinski definition) is 1. The maximum absolute atomic E-state index is 11.7. The Morgan fingerprint density at radius 2 is 2.00 bits per heavy atom. The van der Waals surface area contributed by atoms with Crippen LogP contribution in [0.1, 0.15) is 16.8 Å². The summed E-state index contributed by atoms with van der Waals surface area (Å²) in [5.41, 5.74) is 0.618. The molecular formula is C11H14INO3S. The Morgan fingerprint density at radius 1 is 1.35 bits per heavy atom. The summed E-state index contributed by atoms with van der Waals surface area (Å²) in [5.74, 6) is -0.0670. The van der Waals surface area contributed by atoms with Crippen LogP contribution in [0.3, 0.4) is 0 Å². The molecule has 1 N–H and O–H groups in total. The van der Waals surface area contributed by atoms with Crippen molar-refractivity contribution in [1.29, 1.82) is 0 Å². The van der Waals surface area contributed by atoms with Crippen LogP contribution in [-0.2, 0) is 9.84 Å². The van der Waals surface area contributed by atoms with Gasteiger partial charge in [-0.3, -0.25) is 4.79 Å². The Kier molecular flexibility index (Phi) is 5.38. The van der Waals surface area contributed by atoms with Gasteiger partial charge in [0.2, 0.25) is 0 Å². The van der Waals surface area contributed by atoms with Crippen molar-refractivity contribution in [2.45, 2.75) is 6.42 Å². The van der Waals surface area contributed by atoms with Gasteiger partial charge in [0.05, 0.1) is 11.3 Å². The van der Waals surface area contributed by atoms with Crippen LogP contribution in [0.2, 0.25) is 0 Å². The predicted octanol–water partition coefficient (Wildman–Crippen LogP) is 1.46. The molecule has 0 aliphatic rings. The fraction of sp³-hybridized carbons (Fsp3) is 0.364. The summed E-state index contributed by atoms with van der Waals surface area (Å²) in [7, 11) is -2.95. The van der Waals surface area contributed by atoms with Crippen LogP contribution in [0.5, 0.6) is 0 Å². The van der Waals surface area contributed by atoms with E-state index in [1.807, 2.05) is 12.1 Å². The Labute approximate surface area is 115 Å². The van der Waals surface area contributed by atoms with Gasteiger partial charge in [-0.1, -0.05) is 12.1 Å². The van der Waals surface area contributed by atoms with Gasteiger partial charge < -0.3 is 5.32 Å². The first-order chi connectivity index (χ1) is 7.90. The second-order valence-electron chi connectivity index (χ2n) is 3.72. The molecule has 0 unspecified atom stereocenters. The summed E-state index contributed by atoms with van der Waals surface area (Å²) in [6, 6.07) is 7.26. The lowest BCUT2D eigenvalue weighted by Gasteiger charge is -2.06. The standard InChI is InChI=1S/C11H14INO3S/c1-17(15,16)8-4-7-13-11(14)9-5-2-3-6-10(9)12/h2-3,5-6H,4,7-8H2,1H3,(H,13,14). The number of nitrogens with one attached hydrogen (secondary N) is 1. The monoisotopic (exact) mass is 367 g/mol. The summed E-state index contributed by atoms with van der Waals surface area (Å²) in [4.78, 5) is 11.7. The molecular weight excluding hydrogens is 353 g/mol. The second-order valence-corrected chi connectivity index (χ2v) is 7.14. The largest absolute Gasteiger partial charge is 0.352 e. The summed E-state index contributed by atoms with van der Waals surface area (Å²) in [5, 5.41) is 2.70. The zero-order valence-electron chi connectivity index (χ0n) is 9.44. The van der Waals surface area contributed by atoms with Crippen molar-refractivity contribution >= 4 is 38.3 Å². The number of carbonyl (C=O) groups is 1. The van der Waals surface area contributed by atoms with Gasteiger partial charge in [-0.15, -0.1) is 0 Å². The van der Waals surface area contributed by atoms with Crippen molar-refractivity contribution < 1.29 is 13.2 Å². The number of halogens is 1. The van der Waals surface area contributed by atoms with Crippen molar-refractivity contribution in [3.8, 4) is 0 Å². The summed E-state index contributed by atoms with van der Waals surface area (Å²) < 4.78 is 22.7. The lowest BCUT2D eigenvalue weighted by atomic mass is 10.2. The maximum atomic E-state index is 11.7. The van der Waals surface area contributed by atoms with Gasteiger partial charge in [-0.2, -0.15) is 0 Å². The number of hydrogen-bond acceptors (Lipinski definition) is 3. The fourth-order valence-corrected chi connectivity index (χ4v) is 2.58. The number of sulfone groups is 1. The first-order valence-corrected chi connectivity index (χ1v) is 8.24. The molecule has 0 atom stereocenters. The van der Waals surface area contributed by atoms with E-state index >= 15 is 0 Å². The minimum absolute atomic E-state index is 0.0964. The van der Waals surface area contributed by atoms with Crippen LogP contribution in [-0.4, -0.2) is 32.9 Å². The molecule has 1 aromatic rings. The molecule has 4 nitrogen and oxygen atoms in total.